The van der Waals surface area contributed by atoms with Crippen molar-refractivity contribution in [3.8, 4) is 11.4 Å². The van der Waals surface area contributed by atoms with Gasteiger partial charge in [0.25, 0.3) is 5.91 Å². The third-order valence-electron chi connectivity index (χ3n) is 3.95. The van der Waals surface area contributed by atoms with E-state index in [9.17, 15) is 4.79 Å². The van der Waals surface area contributed by atoms with Gasteiger partial charge in [-0.15, -0.1) is 0 Å². The number of nitrogens with zero attached hydrogens (tertiary/aromatic N) is 2. The van der Waals surface area contributed by atoms with Crippen LogP contribution in [0.2, 0.25) is 0 Å². The molecular weight excluding hydrogens is 378 g/mol. The van der Waals surface area contributed by atoms with Crippen LogP contribution in [0.5, 0.6) is 0 Å². The highest BCUT2D eigenvalue weighted by molar-refractivity contribution is 9.10. The second-order valence-electron chi connectivity index (χ2n) is 5.98. The molecule has 0 fully saturated rings. The first kappa shape index (κ1) is 17.3. The summed E-state index contributed by atoms with van der Waals surface area (Å²) >= 11 is 3.45. The number of benzene rings is 2. The van der Waals surface area contributed by atoms with E-state index >= 15 is 0 Å². The third kappa shape index (κ3) is 3.94. The molecule has 0 aliphatic rings. The van der Waals surface area contributed by atoms with Crippen molar-refractivity contribution in [2.75, 3.05) is 5.32 Å². The lowest BCUT2D eigenvalue weighted by atomic mass is 10.1. The van der Waals surface area contributed by atoms with Crippen LogP contribution in [0.25, 0.3) is 11.4 Å². The quantitative estimate of drug-likeness (QED) is 0.672. The Morgan fingerprint density at radius 3 is 2.40 bits per heavy atom. The zero-order valence-corrected chi connectivity index (χ0v) is 15.9. The maximum atomic E-state index is 12.5. The van der Waals surface area contributed by atoms with E-state index in [1.165, 1.54) is 5.56 Å². The van der Waals surface area contributed by atoms with E-state index in [1.807, 2.05) is 63.2 Å². The number of aryl methyl sites for hydroxylation is 3. The zero-order valence-electron chi connectivity index (χ0n) is 14.3. The molecule has 4 nitrogen and oxygen atoms in total. The topological polar surface area (TPSA) is 54.9 Å². The van der Waals surface area contributed by atoms with Gasteiger partial charge in [-0.2, -0.15) is 0 Å². The molecule has 25 heavy (non-hydrogen) atoms. The molecule has 3 rings (SSSR count). The average molecular weight is 396 g/mol. The van der Waals surface area contributed by atoms with Crippen molar-refractivity contribution in [1.82, 2.24) is 9.97 Å². The Kier molecular flexibility index (Phi) is 4.95. The minimum absolute atomic E-state index is 0.213. The number of amides is 1. The molecule has 3 aromatic rings. The van der Waals surface area contributed by atoms with Crippen LogP contribution in [0.1, 0.15) is 27.2 Å². The smallest absolute Gasteiger partial charge is 0.259 e. The summed E-state index contributed by atoms with van der Waals surface area (Å²) in [6, 6.07) is 13.7. The summed E-state index contributed by atoms with van der Waals surface area (Å²) in [7, 11) is 0. The summed E-state index contributed by atoms with van der Waals surface area (Å²) in [4.78, 5) is 21.4. The fraction of sp³-hybridized carbons (Fsp3) is 0.150. The minimum atomic E-state index is -0.213. The standard InChI is InChI=1S/C20H18BrN3O/c1-12-4-6-15(7-5-12)19-22-11-17(14(3)23-19)20(25)24-16-8-9-18(21)13(2)10-16/h4-11H,1-3H3,(H,24,25). The van der Waals surface area contributed by atoms with Crippen LogP contribution < -0.4 is 5.32 Å². The summed E-state index contributed by atoms with van der Waals surface area (Å²) in [5.74, 6) is 0.406. The Hall–Kier alpha value is -2.53. The van der Waals surface area contributed by atoms with Gasteiger partial charge in [0.15, 0.2) is 5.82 Å². The van der Waals surface area contributed by atoms with Crippen LogP contribution in [0, 0.1) is 20.8 Å². The van der Waals surface area contributed by atoms with Crippen molar-refractivity contribution in [1.29, 1.82) is 0 Å². The van der Waals surface area contributed by atoms with Crippen LogP contribution in [0.4, 0.5) is 5.69 Å². The van der Waals surface area contributed by atoms with Crippen LogP contribution in [0.3, 0.4) is 0 Å². The lowest BCUT2D eigenvalue weighted by molar-refractivity contribution is 0.102. The predicted octanol–water partition coefficient (Wildman–Crippen LogP) is 5.08. The fourth-order valence-electron chi connectivity index (χ4n) is 2.45. The van der Waals surface area contributed by atoms with E-state index < -0.39 is 0 Å². The van der Waals surface area contributed by atoms with Gasteiger partial charge in [0.05, 0.1) is 11.3 Å². The number of aromatic nitrogens is 2. The molecule has 0 spiro atoms. The van der Waals surface area contributed by atoms with Crippen LogP contribution >= 0.6 is 15.9 Å². The molecule has 1 N–H and O–H groups in total. The minimum Gasteiger partial charge on any atom is -0.322 e. The molecule has 1 aromatic heterocycles. The first-order chi connectivity index (χ1) is 11.9. The van der Waals surface area contributed by atoms with E-state index in [1.54, 1.807) is 6.20 Å². The van der Waals surface area contributed by atoms with E-state index in [0.717, 1.165) is 21.3 Å². The Labute approximate surface area is 155 Å². The number of carbonyl (C=O) groups is 1. The Morgan fingerprint density at radius 1 is 1.04 bits per heavy atom. The molecule has 1 amide bonds. The van der Waals surface area contributed by atoms with Crippen molar-refractivity contribution in [2.45, 2.75) is 20.8 Å². The molecule has 0 radical (unpaired) electrons. The number of hydrogen-bond acceptors (Lipinski definition) is 3. The second-order valence-corrected chi connectivity index (χ2v) is 6.83. The molecule has 0 atom stereocenters. The van der Waals surface area contributed by atoms with Crippen LogP contribution in [-0.2, 0) is 0 Å². The van der Waals surface area contributed by atoms with Gasteiger partial charge in [0.2, 0.25) is 0 Å². The molecule has 126 valence electrons. The van der Waals surface area contributed by atoms with Gasteiger partial charge >= 0.3 is 0 Å². The van der Waals surface area contributed by atoms with Crippen molar-refractivity contribution >= 4 is 27.5 Å². The highest BCUT2D eigenvalue weighted by Gasteiger charge is 2.13. The molecule has 2 aromatic carbocycles. The van der Waals surface area contributed by atoms with Crippen molar-refractivity contribution in [3.05, 3.63) is 75.5 Å². The molecule has 0 aliphatic carbocycles. The van der Waals surface area contributed by atoms with Crippen molar-refractivity contribution < 1.29 is 4.79 Å². The van der Waals surface area contributed by atoms with Gasteiger partial charge in [-0.25, -0.2) is 9.97 Å². The SMILES string of the molecule is Cc1ccc(-c2ncc(C(=O)Nc3ccc(Br)c(C)c3)c(C)n2)cc1. The number of rotatable bonds is 3. The van der Waals surface area contributed by atoms with E-state index in [-0.39, 0.29) is 5.91 Å². The molecule has 0 saturated carbocycles. The zero-order chi connectivity index (χ0) is 18.0. The largest absolute Gasteiger partial charge is 0.322 e. The average Bonchev–Trinajstić information content (AvgIpc) is 2.58. The van der Waals surface area contributed by atoms with Crippen LogP contribution in [-0.4, -0.2) is 15.9 Å². The van der Waals surface area contributed by atoms with Gasteiger partial charge in [-0.05, 0) is 44.5 Å². The van der Waals surface area contributed by atoms with Gasteiger partial charge in [-0.3, -0.25) is 4.79 Å². The Bertz CT molecular complexity index is 936. The van der Waals surface area contributed by atoms with Crippen molar-refractivity contribution in [3.63, 3.8) is 0 Å². The Balaban J connectivity index is 1.83. The van der Waals surface area contributed by atoms with Crippen molar-refractivity contribution in [2.24, 2.45) is 0 Å². The highest BCUT2D eigenvalue weighted by atomic mass is 79.9. The molecular formula is C20H18BrN3O. The fourth-order valence-corrected chi connectivity index (χ4v) is 2.70. The van der Waals surface area contributed by atoms with Gasteiger partial charge < -0.3 is 5.32 Å². The predicted molar refractivity (Wildman–Crippen MR) is 104 cm³/mol. The first-order valence-electron chi connectivity index (χ1n) is 7.92. The monoisotopic (exact) mass is 395 g/mol. The Morgan fingerprint density at radius 2 is 1.76 bits per heavy atom. The molecule has 0 bridgehead atoms. The maximum absolute atomic E-state index is 12.5. The number of anilines is 1. The summed E-state index contributed by atoms with van der Waals surface area (Å²) in [6.07, 6.45) is 1.58. The van der Waals surface area contributed by atoms with Gasteiger partial charge in [-0.1, -0.05) is 45.8 Å². The molecule has 5 heteroatoms. The first-order valence-corrected chi connectivity index (χ1v) is 8.71. The van der Waals surface area contributed by atoms with Gasteiger partial charge in [0, 0.05) is 21.9 Å². The third-order valence-corrected chi connectivity index (χ3v) is 4.84. The normalized spacial score (nSPS) is 10.6. The summed E-state index contributed by atoms with van der Waals surface area (Å²) in [6.45, 7) is 5.83. The lowest BCUT2D eigenvalue weighted by Gasteiger charge is -2.09. The summed E-state index contributed by atoms with van der Waals surface area (Å²) in [5, 5.41) is 2.89. The second kappa shape index (κ2) is 7.15. The summed E-state index contributed by atoms with van der Waals surface area (Å²) in [5.41, 5.74) is 5.03. The molecule has 0 aliphatic heterocycles. The lowest BCUT2D eigenvalue weighted by Crippen LogP contribution is -2.15. The highest BCUT2D eigenvalue weighted by Crippen LogP contribution is 2.21. The summed E-state index contributed by atoms with van der Waals surface area (Å²) < 4.78 is 1.01. The number of halogens is 1. The van der Waals surface area contributed by atoms with Gasteiger partial charge in [0.1, 0.15) is 0 Å². The number of carbonyl (C=O) groups excluding carboxylic acids is 1. The molecule has 0 saturated heterocycles. The van der Waals surface area contributed by atoms with E-state index in [2.05, 4.69) is 31.2 Å². The molecule has 0 unspecified atom stereocenters. The maximum Gasteiger partial charge on any atom is 0.259 e. The number of hydrogen-bond donors (Lipinski definition) is 1. The number of nitrogens with one attached hydrogen (secondary N) is 1. The van der Waals surface area contributed by atoms with E-state index in [4.69, 9.17) is 0 Å². The van der Waals surface area contributed by atoms with E-state index in [0.29, 0.717) is 17.1 Å². The molecule has 1 heterocycles. The van der Waals surface area contributed by atoms with Crippen LogP contribution in [0.15, 0.2) is 53.1 Å².